The molecule has 1 aliphatic heterocycles. The second-order valence-corrected chi connectivity index (χ2v) is 7.29. The van der Waals surface area contributed by atoms with Gasteiger partial charge in [0.15, 0.2) is 5.96 Å². The van der Waals surface area contributed by atoms with Crippen LogP contribution in [0.4, 0.5) is 5.69 Å². The van der Waals surface area contributed by atoms with Crippen LogP contribution in [0, 0.1) is 0 Å². The van der Waals surface area contributed by atoms with Crippen molar-refractivity contribution in [2.75, 3.05) is 25.0 Å². The molecule has 1 unspecified atom stereocenters. The summed E-state index contributed by atoms with van der Waals surface area (Å²) < 4.78 is 0. The number of rotatable bonds is 7. The zero-order chi connectivity index (χ0) is 19.8. The number of nitrogens with zero attached hydrogens (tertiary/aromatic N) is 1. The lowest BCUT2D eigenvalue weighted by molar-refractivity contribution is -0.116. The maximum Gasteiger partial charge on any atom is 0.225 e. The molecule has 3 N–H and O–H groups in total. The molecule has 0 spiro atoms. The smallest absolute Gasteiger partial charge is 0.225 e. The molecule has 2 aromatic carbocycles. The van der Waals surface area contributed by atoms with Crippen LogP contribution in [0.15, 0.2) is 53.5 Å². The molecule has 0 fully saturated rings. The number of hydrogen-bond donors (Lipinski definition) is 3. The Bertz CT molecular complexity index is 837. The van der Waals surface area contributed by atoms with Gasteiger partial charge in [-0.1, -0.05) is 48.0 Å². The quantitative estimate of drug-likeness (QED) is 0.376. The monoisotopic (exact) mass is 398 g/mol. The Morgan fingerprint density at radius 1 is 1.18 bits per heavy atom. The number of nitrogens with one attached hydrogen (secondary N) is 3. The highest BCUT2D eigenvalue weighted by atomic mass is 35.5. The Morgan fingerprint density at radius 3 is 2.79 bits per heavy atom. The van der Waals surface area contributed by atoms with Gasteiger partial charge < -0.3 is 16.0 Å². The zero-order valence-corrected chi connectivity index (χ0v) is 16.9. The van der Waals surface area contributed by atoms with E-state index in [0.717, 1.165) is 53.7 Å². The highest BCUT2D eigenvalue weighted by Gasteiger charge is 2.24. The van der Waals surface area contributed by atoms with Gasteiger partial charge in [-0.05, 0) is 43.0 Å². The SMILES string of the molecule is CCNC(=NCC1CC(=O)Nc2ccccc21)NCCCc1ccccc1Cl. The van der Waals surface area contributed by atoms with Gasteiger partial charge in [-0.2, -0.15) is 0 Å². The minimum absolute atomic E-state index is 0.0524. The van der Waals surface area contributed by atoms with Crippen LogP contribution in [0.2, 0.25) is 5.02 Å². The topological polar surface area (TPSA) is 65.5 Å². The average molecular weight is 399 g/mol. The summed E-state index contributed by atoms with van der Waals surface area (Å²) in [6, 6.07) is 15.9. The zero-order valence-electron chi connectivity index (χ0n) is 16.2. The average Bonchev–Trinajstić information content (AvgIpc) is 2.70. The maximum atomic E-state index is 12.0. The second-order valence-electron chi connectivity index (χ2n) is 6.88. The Kier molecular flexibility index (Phi) is 7.31. The Morgan fingerprint density at radius 2 is 1.96 bits per heavy atom. The summed E-state index contributed by atoms with van der Waals surface area (Å²) in [6.07, 6.45) is 2.34. The maximum absolute atomic E-state index is 12.0. The second kappa shape index (κ2) is 10.1. The summed E-state index contributed by atoms with van der Waals surface area (Å²) in [5.74, 6) is 0.935. The summed E-state index contributed by atoms with van der Waals surface area (Å²) in [5.41, 5.74) is 3.22. The molecule has 5 nitrogen and oxygen atoms in total. The highest BCUT2D eigenvalue weighted by molar-refractivity contribution is 6.31. The van der Waals surface area contributed by atoms with Crippen molar-refractivity contribution in [3.8, 4) is 0 Å². The predicted molar refractivity (Wildman–Crippen MR) is 116 cm³/mol. The summed E-state index contributed by atoms with van der Waals surface area (Å²) in [6.45, 7) is 4.21. The first-order valence-corrected chi connectivity index (χ1v) is 10.2. The first-order chi connectivity index (χ1) is 13.7. The van der Waals surface area contributed by atoms with Gasteiger partial charge in [0.25, 0.3) is 0 Å². The lowest BCUT2D eigenvalue weighted by atomic mass is 9.91. The molecule has 0 saturated carbocycles. The lowest BCUT2D eigenvalue weighted by Crippen LogP contribution is -2.38. The number of guanidine groups is 1. The fourth-order valence-corrected chi connectivity index (χ4v) is 3.62. The Balaban J connectivity index is 1.56. The molecule has 2 aromatic rings. The van der Waals surface area contributed by atoms with Crippen molar-refractivity contribution in [1.82, 2.24) is 10.6 Å². The molecule has 3 rings (SSSR count). The van der Waals surface area contributed by atoms with E-state index in [1.54, 1.807) is 0 Å². The number of amides is 1. The molecule has 1 heterocycles. The van der Waals surface area contributed by atoms with Gasteiger partial charge in [0.2, 0.25) is 5.91 Å². The number of aliphatic imine (C=N–C) groups is 1. The van der Waals surface area contributed by atoms with Gasteiger partial charge >= 0.3 is 0 Å². The van der Waals surface area contributed by atoms with E-state index in [2.05, 4.69) is 28.1 Å². The number of halogens is 1. The first-order valence-electron chi connectivity index (χ1n) is 9.81. The molecule has 0 saturated heterocycles. The van der Waals surface area contributed by atoms with Crippen LogP contribution in [-0.2, 0) is 11.2 Å². The number of carbonyl (C=O) groups is 1. The van der Waals surface area contributed by atoms with Crippen LogP contribution >= 0.6 is 11.6 Å². The van der Waals surface area contributed by atoms with E-state index in [1.165, 1.54) is 0 Å². The highest BCUT2D eigenvalue weighted by Crippen LogP contribution is 2.31. The molecule has 0 radical (unpaired) electrons. The summed E-state index contributed by atoms with van der Waals surface area (Å²) in [7, 11) is 0. The number of aryl methyl sites for hydroxylation is 1. The standard InChI is InChI=1S/C22H27ClN4O/c1-2-24-22(25-13-7-9-16-8-3-5-11-19(16)23)26-15-17-14-21(28)27-20-12-6-4-10-18(17)20/h3-6,8,10-12,17H,2,7,9,13-15H2,1H3,(H,27,28)(H2,24,25,26). The van der Waals surface area contributed by atoms with Crippen LogP contribution in [-0.4, -0.2) is 31.5 Å². The summed E-state index contributed by atoms with van der Waals surface area (Å²) in [5, 5.41) is 10.4. The summed E-state index contributed by atoms with van der Waals surface area (Å²) in [4.78, 5) is 16.7. The van der Waals surface area contributed by atoms with Crippen molar-refractivity contribution in [1.29, 1.82) is 0 Å². The molecule has 1 atom stereocenters. The predicted octanol–water partition coefficient (Wildman–Crippen LogP) is 3.95. The van der Waals surface area contributed by atoms with E-state index in [-0.39, 0.29) is 11.8 Å². The van der Waals surface area contributed by atoms with E-state index < -0.39 is 0 Å². The fraction of sp³-hybridized carbons (Fsp3) is 0.364. The van der Waals surface area contributed by atoms with Crippen molar-refractivity contribution in [2.45, 2.75) is 32.1 Å². The molecule has 0 aliphatic carbocycles. The third-order valence-electron chi connectivity index (χ3n) is 4.79. The molecule has 0 aromatic heterocycles. The number of hydrogen-bond acceptors (Lipinski definition) is 2. The largest absolute Gasteiger partial charge is 0.357 e. The number of carbonyl (C=O) groups excluding carboxylic acids is 1. The lowest BCUT2D eigenvalue weighted by Gasteiger charge is -2.24. The van der Waals surface area contributed by atoms with Crippen LogP contribution < -0.4 is 16.0 Å². The molecule has 28 heavy (non-hydrogen) atoms. The van der Waals surface area contributed by atoms with Crippen LogP contribution in [0.3, 0.4) is 0 Å². The van der Waals surface area contributed by atoms with Crippen molar-refractivity contribution in [2.24, 2.45) is 4.99 Å². The van der Waals surface area contributed by atoms with E-state index in [0.29, 0.717) is 13.0 Å². The first kappa shape index (κ1) is 20.2. The van der Waals surface area contributed by atoms with Crippen molar-refractivity contribution < 1.29 is 4.79 Å². The van der Waals surface area contributed by atoms with Crippen molar-refractivity contribution in [3.05, 3.63) is 64.7 Å². The number of benzene rings is 2. The van der Waals surface area contributed by atoms with Crippen molar-refractivity contribution in [3.63, 3.8) is 0 Å². The Hall–Kier alpha value is -2.53. The van der Waals surface area contributed by atoms with Crippen molar-refractivity contribution >= 4 is 29.2 Å². The molecule has 6 heteroatoms. The van der Waals surface area contributed by atoms with Gasteiger partial charge in [-0.3, -0.25) is 9.79 Å². The van der Waals surface area contributed by atoms with Gasteiger partial charge in [-0.15, -0.1) is 0 Å². The van der Waals surface area contributed by atoms with E-state index in [1.807, 2.05) is 43.3 Å². The van der Waals surface area contributed by atoms with Gasteiger partial charge in [0.1, 0.15) is 0 Å². The third kappa shape index (κ3) is 5.49. The minimum Gasteiger partial charge on any atom is -0.357 e. The summed E-state index contributed by atoms with van der Waals surface area (Å²) >= 11 is 6.22. The van der Waals surface area contributed by atoms with Gasteiger partial charge in [0, 0.05) is 36.1 Å². The molecule has 0 bridgehead atoms. The Labute approximate surface area is 171 Å². The fourth-order valence-electron chi connectivity index (χ4n) is 3.39. The number of fused-ring (bicyclic) bond motifs is 1. The minimum atomic E-state index is 0.0524. The molecular formula is C22H27ClN4O. The van der Waals surface area contributed by atoms with E-state index in [4.69, 9.17) is 16.6 Å². The van der Waals surface area contributed by atoms with Gasteiger partial charge in [-0.25, -0.2) is 0 Å². The molecule has 1 amide bonds. The third-order valence-corrected chi connectivity index (χ3v) is 5.16. The van der Waals surface area contributed by atoms with E-state index >= 15 is 0 Å². The van der Waals surface area contributed by atoms with Crippen LogP contribution in [0.25, 0.3) is 0 Å². The van der Waals surface area contributed by atoms with Crippen LogP contribution in [0.5, 0.6) is 0 Å². The molecular weight excluding hydrogens is 372 g/mol. The normalized spacial score (nSPS) is 16.3. The van der Waals surface area contributed by atoms with E-state index in [9.17, 15) is 4.79 Å². The van der Waals surface area contributed by atoms with Crippen LogP contribution in [0.1, 0.15) is 36.8 Å². The number of para-hydroxylation sites is 1. The molecule has 148 valence electrons. The molecule has 1 aliphatic rings. The van der Waals surface area contributed by atoms with Gasteiger partial charge in [0.05, 0.1) is 6.54 Å². The number of anilines is 1.